The molecule has 0 aliphatic rings. The summed E-state index contributed by atoms with van der Waals surface area (Å²) in [5, 5.41) is 0. The molecular formula is C13H13Cl. The third-order valence-corrected chi connectivity index (χ3v) is 1.93. The molecule has 0 aliphatic heterocycles. The molecular weight excluding hydrogens is 192 g/mol. The van der Waals surface area contributed by atoms with Crippen LogP contribution in [0.3, 0.4) is 0 Å². The van der Waals surface area contributed by atoms with E-state index in [1.165, 1.54) is 5.54 Å². The first kappa shape index (κ1) is 10.9. The molecule has 0 bridgehead atoms. The molecule has 0 heterocycles. The summed E-state index contributed by atoms with van der Waals surface area (Å²) in [4.78, 5) is 0. The molecule has 72 valence electrons. The molecule has 0 spiro atoms. The van der Waals surface area contributed by atoms with Crippen LogP contribution in [0, 0.1) is 11.8 Å². The molecule has 0 unspecified atom stereocenters. The van der Waals surface area contributed by atoms with Crippen LogP contribution < -0.4 is 0 Å². The summed E-state index contributed by atoms with van der Waals surface area (Å²) in [6, 6.07) is 7.99. The summed E-state index contributed by atoms with van der Waals surface area (Å²) in [5.41, 5.74) is 3.63. The lowest BCUT2D eigenvalue weighted by molar-refractivity contribution is 0.983. The fourth-order valence-electron chi connectivity index (χ4n) is 1.11. The van der Waals surface area contributed by atoms with E-state index in [9.17, 15) is 0 Å². The highest BCUT2D eigenvalue weighted by Gasteiger charge is 1.92. The predicted molar refractivity (Wildman–Crippen MR) is 63.1 cm³/mol. The van der Waals surface area contributed by atoms with Gasteiger partial charge in [0.2, 0.25) is 0 Å². The predicted octanol–water partition coefficient (Wildman–Crippen LogP) is 4.05. The van der Waals surface area contributed by atoms with Crippen LogP contribution >= 0.6 is 11.6 Å². The SMILES string of the molecule is CCCC#Cc1ccccc1/C=C/Cl. The molecule has 1 aromatic carbocycles. The van der Waals surface area contributed by atoms with Crippen LogP contribution in [0.4, 0.5) is 0 Å². The third kappa shape index (κ3) is 3.28. The van der Waals surface area contributed by atoms with Gasteiger partial charge in [0.15, 0.2) is 0 Å². The molecule has 0 amide bonds. The van der Waals surface area contributed by atoms with Gasteiger partial charge in [0.1, 0.15) is 0 Å². The maximum Gasteiger partial charge on any atom is 0.0317 e. The Balaban J connectivity index is 2.91. The fraction of sp³-hybridized carbons (Fsp3) is 0.231. The summed E-state index contributed by atoms with van der Waals surface area (Å²) in [5.74, 6) is 6.26. The first-order valence-corrected chi connectivity index (χ1v) is 5.16. The van der Waals surface area contributed by atoms with Crippen LogP contribution in [0.2, 0.25) is 0 Å². The van der Waals surface area contributed by atoms with Crippen molar-refractivity contribution in [2.75, 3.05) is 0 Å². The van der Waals surface area contributed by atoms with Crippen molar-refractivity contribution in [1.82, 2.24) is 0 Å². The van der Waals surface area contributed by atoms with Crippen molar-refractivity contribution in [3.05, 3.63) is 40.9 Å². The van der Waals surface area contributed by atoms with E-state index < -0.39 is 0 Å². The highest BCUT2D eigenvalue weighted by atomic mass is 35.5. The monoisotopic (exact) mass is 204 g/mol. The van der Waals surface area contributed by atoms with E-state index >= 15 is 0 Å². The largest absolute Gasteiger partial charge is 0.0979 e. The van der Waals surface area contributed by atoms with Crippen molar-refractivity contribution >= 4 is 17.7 Å². The van der Waals surface area contributed by atoms with Crippen molar-refractivity contribution in [3.63, 3.8) is 0 Å². The van der Waals surface area contributed by atoms with E-state index in [4.69, 9.17) is 11.6 Å². The first-order valence-electron chi connectivity index (χ1n) is 4.73. The first-order chi connectivity index (χ1) is 6.88. The van der Waals surface area contributed by atoms with Gasteiger partial charge in [-0.25, -0.2) is 0 Å². The highest BCUT2D eigenvalue weighted by molar-refractivity contribution is 6.27. The topological polar surface area (TPSA) is 0 Å². The normalized spacial score (nSPS) is 9.86. The molecule has 0 aliphatic carbocycles. The molecule has 1 rings (SSSR count). The van der Waals surface area contributed by atoms with Crippen molar-refractivity contribution in [3.8, 4) is 11.8 Å². The van der Waals surface area contributed by atoms with Gasteiger partial charge in [0, 0.05) is 17.5 Å². The van der Waals surface area contributed by atoms with Gasteiger partial charge < -0.3 is 0 Å². The molecule has 0 N–H and O–H groups in total. The molecule has 0 nitrogen and oxygen atoms in total. The number of hydrogen-bond donors (Lipinski definition) is 0. The zero-order valence-electron chi connectivity index (χ0n) is 8.26. The van der Waals surface area contributed by atoms with E-state index in [1.54, 1.807) is 0 Å². The van der Waals surface area contributed by atoms with E-state index in [0.717, 1.165) is 24.0 Å². The Kier molecular flexibility index (Phi) is 4.89. The molecule has 0 radical (unpaired) electrons. The molecule has 14 heavy (non-hydrogen) atoms. The highest BCUT2D eigenvalue weighted by Crippen LogP contribution is 2.09. The number of benzene rings is 1. The Bertz CT molecular complexity index is 366. The Morgan fingerprint density at radius 2 is 2.14 bits per heavy atom. The van der Waals surface area contributed by atoms with E-state index in [0.29, 0.717) is 0 Å². The van der Waals surface area contributed by atoms with Crippen molar-refractivity contribution in [2.24, 2.45) is 0 Å². The molecule has 0 fully saturated rings. The van der Waals surface area contributed by atoms with E-state index in [1.807, 2.05) is 30.3 Å². The van der Waals surface area contributed by atoms with Gasteiger partial charge in [-0.05, 0) is 24.1 Å². The Morgan fingerprint density at radius 3 is 2.86 bits per heavy atom. The van der Waals surface area contributed by atoms with E-state index in [-0.39, 0.29) is 0 Å². The zero-order chi connectivity index (χ0) is 10.2. The van der Waals surface area contributed by atoms with Crippen molar-refractivity contribution in [2.45, 2.75) is 19.8 Å². The molecule has 1 aromatic rings. The molecule has 0 aromatic heterocycles. The van der Waals surface area contributed by atoms with E-state index in [2.05, 4.69) is 18.8 Å². The lowest BCUT2D eigenvalue weighted by Crippen LogP contribution is -1.80. The standard InChI is InChI=1S/C13H13Cl/c1-2-3-4-7-12-8-5-6-9-13(12)10-11-14/h5-6,8-11H,2-3H2,1H3/b11-10+. The van der Waals surface area contributed by atoms with Gasteiger partial charge in [0.25, 0.3) is 0 Å². The summed E-state index contributed by atoms with van der Waals surface area (Å²) in [6.45, 7) is 2.12. The average molecular weight is 205 g/mol. The number of halogens is 1. The van der Waals surface area contributed by atoms with Crippen LogP contribution in [-0.2, 0) is 0 Å². The Morgan fingerprint density at radius 1 is 1.36 bits per heavy atom. The second-order valence-electron chi connectivity index (χ2n) is 2.93. The number of rotatable bonds is 2. The van der Waals surface area contributed by atoms with Crippen molar-refractivity contribution < 1.29 is 0 Å². The maximum absolute atomic E-state index is 5.54. The molecule has 1 heteroatoms. The van der Waals surface area contributed by atoms with Gasteiger partial charge in [-0.1, -0.05) is 48.6 Å². The van der Waals surface area contributed by atoms with Gasteiger partial charge in [0.05, 0.1) is 0 Å². The minimum atomic E-state index is 0.943. The van der Waals surface area contributed by atoms with Crippen molar-refractivity contribution in [1.29, 1.82) is 0 Å². The molecule has 0 saturated carbocycles. The van der Waals surface area contributed by atoms with Gasteiger partial charge in [-0.3, -0.25) is 0 Å². The second kappa shape index (κ2) is 6.29. The smallest absolute Gasteiger partial charge is 0.0317 e. The van der Waals surface area contributed by atoms with Crippen LogP contribution in [0.15, 0.2) is 29.8 Å². The summed E-state index contributed by atoms with van der Waals surface area (Å²) < 4.78 is 0. The second-order valence-corrected chi connectivity index (χ2v) is 3.18. The summed E-state index contributed by atoms with van der Waals surface area (Å²) in [7, 11) is 0. The molecule has 0 saturated heterocycles. The zero-order valence-corrected chi connectivity index (χ0v) is 9.01. The van der Waals surface area contributed by atoms with Gasteiger partial charge >= 0.3 is 0 Å². The fourth-order valence-corrected chi connectivity index (χ4v) is 1.24. The van der Waals surface area contributed by atoms with Crippen LogP contribution in [-0.4, -0.2) is 0 Å². The van der Waals surface area contributed by atoms with Crippen LogP contribution in [0.1, 0.15) is 30.9 Å². The Hall–Kier alpha value is -1.19. The van der Waals surface area contributed by atoms with Gasteiger partial charge in [-0.15, -0.1) is 0 Å². The minimum absolute atomic E-state index is 0.943. The third-order valence-electron chi connectivity index (χ3n) is 1.80. The lowest BCUT2D eigenvalue weighted by Gasteiger charge is -1.96. The number of hydrogen-bond acceptors (Lipinski definition) is 0. The molecule has 0 atom stereocenters. The Labute approximate surface area is 90.6 Å². The number of unbranched alkanes of at least 4 members (excludes halogenated alkanes) is 1. The lowest BCUT2D eigenvalue weighted by atomic mass is 10.1. The van der Waals surface area contributed by atoms with Crippen LogP contribution in [0.25, 0.3) is 6.08 Å². The maximum atomic E-state index is 5.54. The van der Waals surface area contributed by atoms with Gasteiger partial charge in [-0.2, -0.15) is 0 Å². The quantitative estimate of drug-likeness (QED) is 0.638. The average Bonchev–Trinajstić information content (AvgIpc) is 2.21. The minimum Gasteiger partial charge on any atom is -0.0979 e. The van der Waals surface area contributed by atoms with Crippen LogP contribution in [0.5, 0.6) is 0 Å². The summed E-state index contributed by atoms with van der Waals surface area (Å²) >= 11 is 5.54. The summed E-state index contributed by atoms with van der Waals surface area (Å²) in [6.07, 6.45) is 3.90.